The molecule has 116 valence electrons. The van der Waals surface area contributed by atoms with Crippen molar-refractivity contribution in [2.45, 2.75) is 38.0 Å². The van der Waals surface area contributed by atoms with Crippen LogP contribution in [-0.2, 0) is 0 Å². The number of hydrogen-bond donors (Lipinski definition) is 1. The van der Waals surface area contributed by atoms with E-state index in [1.54, 1.807) is 23.1 Å². The van der Waals surface area contributed by atoms with E-state index in [-0.39, 0.29) is 11.7 Å². The first-order chi connectivity index (χ1) is 10.0. The molecule has 1 aliphatic carbocycles. The van der Waals surface area contributed by atoms with Crippen LogP contribution in [0.25, 0.3) is 0 Å². The summed E-state index contributed by atoms with van der Waals surface area (Å²) < 4.78 is 0. The normalized spacial score (nSPS) is 26.1. The highest BCUT2D eigenvalue weighted by Crippen LogP contribution is 2.47. The van der Waals surface area contributed by atoms with Crippen LogP contribution in [0.15, 0.2) is 4.90 Å². The van der Waals surface area contributed by atoms with Crippen LogP contribution in [0.4, 0.5) is 10.7 Å². The summed E-state index contributed by atoms with van der Waals surface area (Å²) in [4.78, 5) is 16.8. The average molecular weight is 325 g/mol. The lowest BCUT2D eigenvalue weighted by Crippen LogP contribution is -2.38. The molecule has 2 atom stereocenters. The van der Waals surface area contributed by atoms with Gasteiger partial charge in [0.1, 0.15) is 5.00 Å². The van der Waals surface area contributed by atoms with E-state index in [2.05, 4.69) is 25.0 Å². The first-order valence-electron chi connectivity index (χ1n) is 7.76. The predicted molar refractivity (Wildman–Crippen MR) is 92.7 cm³/mol. The zero-order chi connectivity index (χ0) is 15.1. The molecular weight excluding hydrogens is 300 g/mol. The first kappa shape index (κ1) is 15.2. The molecular formula is C16H24N2OS2. The second-order valence-electron chi connectivity index (χ2n) is 6.67. The maximum Gasteiger partial charge on any atom is 0.178 e. The molecule has 1 saturated heterocycles. The quantitative estimate of drug-likeness (QED) is 0.668. The Labute approximate surface area is 135 Å². The third-order valence-corrected chi connectivity index (χ3v) is 6.65. The van der Waals surface area contributed by atoms with Gasteiger partial charge in [-0.25, -0.2) is 0 Å². The van der Waals surface area contributed by atoms with Gasteiger partial charge >= 0.3 is 0 Å². The highest BCUT2D eigenvalue weighted by molar-refractivity contribution is 7.99. The number of carbonyl (C=O) groups excluding carboxylic acids is 1. The summed E-state index contributed by atoms with van der Waals surface area (Å²) in [5, 5.41) is 1.22. The van der Waals surface area contributed by atoms with Gasteiger partial charge in [-0.05, 0) is 37.4 Å². The van der Waals surface area contributed by atoms with E-state index in [0.29, 0.717) is 11.8 Å². The Kier molecular flexibility index (Phi) is 4.23. The fraction of sp³-hybridized carbons (Fsp3) is 0.688. The van der Waals surface area contributed by atoms with Crippen molar-refractivity contribution < 1.29 is 4.79 Å². The smallest absolute Gasteiger partial charge is 0.178 e. The molecule has 0 aromatic carbocycles. The summed E-state index contributed by atoms with van der Waals surface area (Å²) in [7, 11) is 0. The van der Waals surface area contributed by atoms with Crippen molar-refractivity contribution in [2.75, 3.05) is 30.0 Å². The summed E-state index contributed by atoms with van der Waals surface area (Å²) in [6.45, 7) is 6.78. The van der Waals surface area contributed by atoms with Gasteiger partial charge in [0, 0.05) is 19.0 Å². The van der Waals surface area contributed by atoms with Gasteiger partial charge in [0.05, 0.1) is 15.5 Å². The van der Waals surface area contributed by atoms with Crippen LogP contribution in [0, 0.1) is 17.8 Å². The zero-order valence-electron chi connectivity index (χ0n) is 13.0. The van der Waals surface area contributed by atoms with Crippen molar-refractivity contribution in [3.05, 3.63) is 4.88 Å². The Balaban J connectivity index is 1.93. The standard InChI is InChI=1S/C16H24N2OS2/c1-9-6-10(2)8-18(7-9)16-15(20-3)12(17)14(21-16)13(19)11-4-5-11/h9-11H,4-8,17H2,1-3H3. The lowest BCUT2D eigenvalue weighted by molar-refractivity contribution is 0.0972. The molecule has 3 rings (SSSR count). The minimum atomic E-state index is 0.243. The molecule has 2 fully saturated rings. The number of nitrogen functional groups attached to an aromatic ring is 1. The summed E-state index contributed by atoms with van der Waals surface area (Å²) in [5.41, 5.74) is 7.03. The number of nitrogens with zero attached hydrogens (tertiary/aromatic N) is 1. The molecule has 0 bridgehead atoms. The summed E-state index contributed by atoms with van der Waals surface area (Å²) in [5.74, 6) is 1.92. The third kappa shape index (κ3) is 2.95. The number of hydrogen-bond acceptors (Lipinski definition) is 5. The number of thiophene rings is 1. The lowest BCUT2D eigenvalue weighted by atomic mass is 9.92. The molecule has 3 nitrogen and oxygen atoms in total. The second kappa shape index (κ2) is 5.84. The van der Waals surface area contributed by atoms with E-state index in [9.17, 15) is 4.79 Å². The Hall–Kier alpha value is -0.680. The molecule has 1 aliphatic heterocycles. The molecule has 1 saturated carbocycles. The molecule has 0 spiro atoms. The van der Waals surface area contributed by atoms with Crippen molar-refractivity contribution in [3.63, 3.8) is 0 Å². The van der Waals surface area contributed by atoms with Gasteiger partial charge in [0.15, 0.2) is 5.78 Å². The molecule has 1 aromatic rings. The Morgan fingerprint density at radius 3 is 2.43 bits per heavy atom. The molecule has 2 unspecified atom stereocenters. The highest BCUT2D eigenvalue weighted by Gasteiger charge is 2.35. The summed E-state index contributed by atoms with van der Waals surface area (Å²) in [6.07, 6.45) is 5.43. The van der Waals surface area contributed by atoms with Crippen LogP contribution < -0.4 is 10.6 Å². The van der Waals surface area contributed by atoms with Crippen LogP contribution in [0.3, 0.4) is 0 Å². The Morgan fingerprint density at radius 2 is 1.90 bits per heavy atom. The van der Waals surface area contributed by atoms with E-state index in [0.717, 1.165) is 41.4 Å². The van der Waals surface area contributed by atoms with Crippen molar-refractivity contribution in [1.29, 1.82) is 0 Å². The van der Waals surface area contributed by atoms with Crippen molar-refractivity contribution in [2.24, 2.45) is 17.8 Å². The first-order valence-corrected chi connectivity index (χ1v) is 9.80. The molecule has 2 N–H and O–H groups in total. The average Bonchev–Trinajstić information content (AvgIpc) is 3.21. The molecule has 5 heteroatoms. The van der Waals surface area contributed by atoms with Crippen LogP contribution >= 0.6 is 23.1 Å². The molecule has 2 heterocycles. The van der Waals surface area contributed by atoms with Crippen LogP contribution in [-0.4, -0.2) is 25.1 Å². The molecule has 2 aliphatic rings. The minimum absolute atomic E-state index is 0.243. The van der Waals surface area contributed by atoms with Crippen molar-refractivity contribution >= 4 is 39.6 Å². The molecule has 0 radical (unpaired) electrons. The summed E-state index contributed by atoms with van der Waals surface area (Å²) in [6, 6.07) is 0. The number of nitrogens with two attached hydrogens (primary N) is 1. The maximum atomic E-state index is 12.4. The largest absolute Gasteiger partial charge is 0.396 e. The van der Waals surface area contributed by atoms with Gasteiger partial charge in [-0.3, -0.25) is 4.79 Å². The van der Waals surface area contributed by atoms with E-state index in [1.807, 2.05) is 0 Å². The van der Waals surface area contributed by atoms with E-state index >= 15 is 0 Å². The lowest BCUT2D eigenvalue weighted by Gasteiger charge is -2.36. The fourth-order valence-corrected chi connectivity index (χ4v) is 5.58. The number of rotatable bonds is 4. The number of anilines is 2. The van der Waals surface area contributed by atoms with Gasteiger partial charge in [-0.2, -0.15) is 0 Å². The van der Waals surface area contributed by atoms with Gasteiger partial charge in [-0.1, -0.05) is 13.8 Å². The second-order valence-corrected chi connectivity index (χ2v) is 8.49. The Bertz CT molecular complexity index is 541. The number of ketones is 1. The topological polar surface area (TPSA) is 46.3 Å². The summed E-state index contributed by atoms with van der Waals surface area (Å²) >= 11 is 3.31. The number of piperidine rings is 1. The van der Waals surface area contributed by atoms with Gasteiger partial charge in [-0.15, -0.1) is 23.1 Å². The fourth-order valence-electron chi connectivity index (χ4n) is 3.36. The van der Waals surface area contributed by atoms with Gasteiger partial charge in [0.25, 0.3) is 0 Å². The number of carbonyl (C=O) groups is 1. The highest BCUT2D eigenvalue weighted by atomic mass is 32.2. The maximum absolute atomic E-state index is 12.4. The predicted octanol–water partition coefficient (Wildman–Crippen LogP) is 4.13. The third-order valence-electron chi connectivity index (χ3n) is 4.41. The van der Waals surface area contributed by atoms with E-state index in [1.165, 1.54) is 11.4 Å². The van der Waals surface area contributed by atoms with Crippen LogP contribution in [0.1, 0.15) is 42.8 Å². The SMILES string of the molecule is CSc1c(N2CC(C)CC(C)C2)sc(C(=O)C2CC2)c1N. The minimum Gasteiger partial charge on any atom is -0.396 e. The van der Waals surface area contributed by atoms with Gasteiger partial charge < -0.3 is 10.6 Å². The van der Waals surface area contributed by atoms with Crippen molar-refractivity contribution in [3.8, 4) is 0 Å². The van der Waals surface area contributed by atoms with E-state index in [4.69, 9.17) is 5.73 Å². The van der Waals surface area contributed by atoms with Gasteiger partial charge in [0.2, 0.25) is 0 Å². The van der Waals surface area contributed by atoms with Crippen LogP contribution in [0.2, 0.25) is 0 Å². The van der Waals surface area contributed by atoms with E-state index < -0.39 is 0 Å². The number of thioether (sulfide) groups is 1. The molecule has 0 amide bonds. The monoisotopic (exact) mass is 324 g/mol. The zero-order valence-corrected chi connectivity index (χ0v) is 14.6. The number of Topliss-reactive ketones (excluding diaryl/α,β-unsaturated/α-hetero) is 1. The Morgan fingerprint density at radius 1 is 1.29 bits per heavy atom. The van der Waals surface area contributed by atoms with Crippen LogP contribution in [0.5, 0.6) is 0 Å². The van der Waals surface area contributed by atoms with Crippen molar-refractivity contribution in [1.82, 2.24) is 0 Å². The molecule has 21 heavy (non-hydrogen) atoms. The molecule has 1 aromatic heterocycles.